The standard InChI is InChI=1S/C14H17NO3S/c16-14(11-7-8-19(17,18)9-11)15-13-6-5-10-3-1-2-4-12(10)13/h1-4,11,13H,5-9H2,(H,15,16)/t11-,13+/m1/s1. The second-order valence-corrected chi connectivity index (χ2v) is 7.63. The second kappa shape index (κ2) is 4.63. The third-order valence-corrected chi connectivity index (χ3v) is 5.82. The molecule has 1 aromatic carbocycles. The fourth-order valence-electron chi connectivity index (χ4n) is 3.00. The number of nitrogens with one attached hydrogen (secondary N) is 1. The van der Waals surface area contributed by atoms with Crippen LogP contribution in [-0.4, -0.2) is 25.8 Å². The van der Waals surface area contributed by atoms with Gasteiger partial charge in [0.2, 0.25) is 5.91 Å². The van der Waals surface area contributed by atoms with Crippen molar-refractivity contribution in [2.24, 2.45) is 5.92 Å². The van der Waals surface area contributed by atoms with Gasteiger partial charge in [-0.2, -0.15) is 0 Å². The van der Waals surface area contributed by atoms with Crippen LogP contribution in [0, 0.1) is 5.92 Å². The molecule has 1 saturated heterocycles. The van der Waals surface area contributed by atoms with Crippen molar-refractivity contribution in [1.82, 2.24) is 5.32 Å². The third-order valence-electron chi connectivity index (χ3n) is 4.05. The van der Waals surface area contributed by atoms with E-state index in [9.17, 15) is 13.2 Å². The number of amides is 1. The first-order valence-corrected chi connectivity index (χ1v) is 8.46. The van der Waals surface area contributed by atoms with Gasteiger partial charge in [0.05, 0.1) is 23.5 Å². The zero-order valence-electron chi connectivity index (χ0n) is 10.6. The van der Waals surface area contributed by atoms with Crippen LogP contribution in [0.3, 0.4) is 0 Å². The minimum absolute atomic E-state index is 0.00714. The van der Waals surface area contributed by atoms with Crippen LogP contribution in [0.15, 0.2) is 24.3 Å². The van der Waals surface area contributed by atoms with Gasteiger partial charge in [0, 0.05) is 0 Å². The van der Waals surface area contributed by atoms with Crippen LogP contribution in [-0.2, 0) is 21.1 Å². The van der Waals surface area contributed by atoms with Crippen molar-refractivity contribution in [2.45, 2.75) is 25.3 Å². The maximum atomic E-state index is 12.1. The molecule has 1 aromatic rings. The number of rotatable bonds is 2. The molecule has 3 rings (SSSR count). The molecule has 0 bridgehead atoms. The van der Waals surface area contributed by atoms with E-state index in [1.807, 2.05) is 18.2 Å². The van der Waals surface area contributed by atoms with E-state index < -0.39 is 9.84 Å². The van der Waals surface area contributed by atoms with E-state index in [0.29, 0.717) is 6.42 Å². The van der Waals surface area contributed by atoms with Gasteiger partial charge in [-0.15, -0.1) is 0 Å². The van der Waals surface area contributed by atoms with Crippen LogP contribution in [0.5, 0.6) is 0 Å². The summed E-state index contributed by atoms with van der Waals surface area (Å²) in [5.41, 5.74) is 2.46. The first kappa shape index (κ1) is 12.7. The van der Waals surface area contributed by atoms with Gasteiger partial charge in [0.25, 0.3) is 0 Å². The second-order valence-electron chi connectivity index (χ2n) is 5.40. The molecule has 0 saturated carbocycles. The van der Waals surface area contributed by atoms with Gasteiger partial charge >= 0.3 is 0 Å². The Morgan fingerprint density at radius 2 is 2.00 bits per heavy atom. The Bertz CT molecular complexity index is 609. The molecule has 1 fully saturated rings. The maximum Gasteiger partial charge on any atom is 0.224 e. The van der Waals surface area contributed by atoms with Crippen LogP contribution < -0.4 is 5.32 Å². The fraction of sp³-hybridized carbons (Fsp3) is 0.500. The predicted octanol–water partition coefficient (Wildman–Crippen LogP) is 1.22. The van der Waals surface area contributed by atoms with E-state index in [1.54, 1.807) is 0 Å². The molecule has 0 unspecified atom stereocenters. The number of hydrogen-bond acceptors (Lipinski definition) is 3. The van der Waals surface area contributed by atoms with Gasteiger partial charge in [-0.1, -0.05) is 24.3 Å². The number of carbonyl (C=O) groups is 1. The SMILES string of the molecule is O=C(N[C@H]1CCc2ccccc21)[C@@H]1CCS(=O)(=O)C1. The Morgan fingerprint density at radius 3 is 2.74 bits per heavy atom. The van der Waals surface area contributed by atoms with Crippen molar-refractivity contribution < 1.29 is 13.2 Å². The average Bonchev–Trinajstić information content (AvgIpc) is 2.94. The summed E-state index contributed by atoms with van der Waals surface area (Å²) in [5, 5.41) is 3.01. The molecule has 1 aliphatic carbocycles. The Labute approximate surface area is 113 Å². The van der Waals surface area contributed by atoms with Crippen molar-refractivity contribution in [3.8, 4) is 0 Å². The molecule has 4 nitrogen and oxygen atoms in total. The van der Waals surface area contributed by atoms with E-state index in [4.69, 9.17) is 0 Å². The zero-order valence-corrected chi connectivity index (χ0v) is 11.4. The maximum absolute atomic E-state index is 12.1. The van der Waals surface area contributed by atoms with E-state index >= 15 is 0 Å². The number of benzene rings is 1. The molecule has 0 radical (unpaired) electrons. The molecule has 0 aromatic heterocycles. The number of sulfone groups is 1. The molecule has 0 spiro atoms. The minimum Gasteiger partial charge on any atom is -0.349 e. The number of hydrogen-bond donors (Lipinski definition) is 1. The van der Waals surface area contributed by atoms with Crippen molar-refractivity contribution >= 4 is 15.7 Å². The van der Waals surface area contributed by atoms with Gasteiger partial charge in [-0.25, -0.2) is 8.42 Å². The van der Waals surface area contributed by atoms with Crippen molar-refractivity contribution in [2.75, 3.05) is 11.5 Å². The lowest BCUT2D eigenvalue weighted by Crippen LogP contribution is -2.33. The summed E-state index contributed by atoms with van der Waals surface area (Å²) in [5.74, 6) is -0.319. The summed E-state index contributed by atoms with van der Waals surface area (Å²) in [6, 6.07) is 8.16. The van der Waals surface area contributed by atoms with E-state index in [0.717, 1.165) is 12.8 Å². The first-order valence-electron chi connectivity index (χ1n) is 6.64. The molecule has 102 valence electrons. The zero-order chi connectivity index (χ0) is 13.5. The predicted molar refractivity (Wildman–Crippen MR) is 72.4 cm³/mol. The summed E-state index contributed by atoms with van der Waals surface area (Å²) in [6.07, 6.45) is 2.34. The summed E-state index contributed by atoms with van der Waals surface area (Å²) < 4.78 is 22.8. The van der Waals surface area contributed by atoms with Crippen LogP contribution in [0.1, 0.15) is 30.0 Å². The Morgan fingerprint density at radius 1 is 1.21 bits per heavy atom. The molecular formula is C14H17NO3S. The summed E-state index contributed by atoms with van der Waals surface area (Å²) >= 11 is 0. The van der Waals surface area contributed by atoms with Gasteiger partial charge < -0.3 is 5.32 Å². The molecule has 2 aliphatic rings. The highest BCUT2D eigenvalue weighted by molar-refractivity contribution is 7.91. The number of fused-ring (bicyclic) bond motifs is 1. The van der Waals surface area contributed by atoms with Crippen molar-refractivity contribution in [3.05, 3.63) is 35.4 Å². The fourth-order valence-corrected chi connectivity index (χ4v) is 4.74. The van der Waals surface area contributed by atoms with Crippen LogP contribution in [0.25, 0.3) is 0 Å². The third kappa shape index (κ3) is 2.52. The Kier molecular flexibility index (Phi) is 3.09. The molecule has 1 heterocycles. The summed E-state index contributed by atoms with van der Waals surface area (Å²) in [7, 11) is -3.00. The summed E-state index contributed by atoms with van der Waals surface area (Å²) in [4.78, 5) is 12.1. The van der Waals surface area contributed by atoms with Crippen LogP contribution in [0.4, 0.5) is 0 Å². The van der Waals surface area contributed by atoms with Crippen LogP contribution >= 0.6 is 0 Å². The highest BCUT2D eigenvalue weighted by atomic mass is 32.2. The molecule has 19 heavy (non-hydrogen) atoms. The quantitative estimate of drug-likeness (QED) is 0.885. The molecular weight excluding hydrogens is 262 g/mol. The monoisotopic (exact) mass is 279 g/mol. The van der Waals surface area contributed by atoms with E-state index in [-0.39, 0.29) is 29.4 Å². The van der Waals surface area contributed by atoms with E-state index in [2.05, 4.69) is 11.4 Å². The Balaban J connectivity index is 1.69. The topological polar surface area (TPSA) is 63.2 Å². The number of carbonyl (C=O) groups excluding carboxylic acids is 1. The molecule has 1 amide bonds. The minimum atomic E-state index is -3.00. The highest BCUT2D eigenvalue weighted by Crippen LogP contribution is 2.31. The number of aryl methyl sites for hydroxylation is 1. The normalized spacial score (nSPS) is 28.0. The lowest BCUT2D eigenvalue weighted by atomic mass is 10.1. The van der Waals surface area contributed by atoms with E-state index in [1.165, 1.54) is 11.1 Å². The molecule has 1 N–H and O–H groups in total. The largest absolute Gasteiger partial charge is 0.349 e. The average molecular weight is 279 g/mol. The first-order chi connectivity index (χ1) is 9.05. The highest BCUT2D eigenvalue weighted by Gasteiger charge is 2.34. The van der Waals surface area contributed by atoms with Crippen LogP contribution in [0.2, 0.25) is 0 Å². The summed E-state index contributed by atoms with van der Waals surface area (Å²) in [6.45, 7) is 0. The van der Waals surface area contributed by atoms with Gasteiger partial charge in [-0.3, -0.25) is 4.79 Å². The van der Waals surface area contributed by atoms with Gasteiger partial charge in [-0.05, 0) is 30.4 Å². The van der Waals surface area contributed by atoms with Crippen molar-refractivity contribution in [1.29, 1.82) is 0 Å². The lowest BCUT2D eigenvalue weighted by molar-refractivity contribution is -0.125. The molecule has 1 aliphatic heterocycles. The Hall–Kier alpha value is -1.36. The van der Waals surface area contributed by atoms with Gasteiger partial charge in [0.15, 0.2) is 9.84 Å². The smallest absolute Gasteiger partial charge is 0.224 e. The molecule has 2 atom stereocenters. The lowest BCUT2D eigenvalue weighted by Gasteiger charge is -2.16. The van der Waals surface area contributed by atoms with Crippen molar-refractivity contribution in [3.63, 3.8) is 0 Å². The molecule has 5 heteroatoms. The van der Waals surface area contributed by atoms with Gasteiger partial charge in [0.1, 0.15) is 0 Å².